The Labute approximate surface area is 158 Å². The first kappa shape index (κ1) is 19.1. The summed E-state index contributed by atoms with van der Waals surface area (Å²) in [7, 11) is 0. The van der Waals surface area contributed by atoms with Gasteiger partial charge in [-0.25, -0.2) is 0 Å². The third kappa shape index (κ3) is 4.94. The first-order chi connectivity index (χ1) is 13.3. The molecule has 3 rings (SSSR count). The van der Waals surface area contributed by atoms with Crippen LogP contribution in [0.15, 0.2) is 84.2 Å². The Hall–Kier alpha value is -3.68. The lowest BCUT2D eigenvalue weighted by Crippen LogP contribution is -2.33. The number of nitrogens with zero attached hydrogens (tertiary/aromatic N) is 2. The monoisotopic (exact) mass is 386 g/mol. The van der Waals surface area contributed by atoms with E-state index in [0.29, 0.717) is 5.56 Å². The van der Waals surface area contributed by atoms with Crippen molar-refractivity contribution in [1.29, 1.82) is 0 Å². The van der Waals surface area contributed by atoms with Gasteiger partial charge >= 0.3 is 6.36 Å². The van der Waals surface area contributed by atoms with Crippen LogP contribution in [0.1, 0.15) is 21.5 Å². The molecule has 0 fully saturated rings. The number of rotatable bonds is 5. The zero-order valence-corrected chi connectivity index (χ0v) is 14.3. The van der Waals surface area contributed by atoms with Crippen LogP contribution in [-0.4, -0.2) is 18.0 Å². The Bertz CT molecular complexity index is 984. The molecule has 0 aliphatic rings. The molecule has 142 valence electrons. The van der Waals surface area contributed by atoms with Crippen LogP contribution in [0, 0.1) is 0 Å². The molecule has 5 nitrogen and oxygen atoms in total. The van der Waals surface area contributed by atoms with Gasteiger partial charge in [0.2, 0.25) is 12.4 Å². The van der Waals surface area contributed by atoms with Crippen LogP contribution >= 0.6 is 0 Å². The highest BCUT2D eigenvalue weighted by Gasteiger charge is 2.31. The van der Waals surface area contributed by atoms with Crippen LogP contribution in [0.25, 0.3) is 0 Å². The molecule has 3 aromatic rings. The van der Waals surface area contributed by atoms with Gasteiger partial charge in [0.05, 0.1) is 5.90 Å². The Morgan fingerprint density at radius 3 is 1.89 bits per heavy atom. The van der Waals surface area contributed by atoms with E-state index in [1.54, 1.807) is 30.6 Å². The van der Waals surface area contributed by atoms with Crippen molar-refractivity contribution < 1.29 is 32.5 Å². The molecular weight excluding hydrogens is 373 g/mol. The van der Waals surface area contributed by atoms with E-state index >= 15 is 0 Å². The van der Waals surface area contributed by atoms with Crippen LogP contribution in [-0.2, 0) is 0 Å². The molecule has 0 radical (unpaired) electrons. The molecule has 8 heteroatoms. The second kappa shape index (κ2) is 7.91. The van der Waals surface area contributed by atoms with Crippen LogP contribution in [0.4, 0.5) is 13.2 Å². The number of benzene rings is 2. The van der Waals surface area contributed by atoms with E-state index in [4.69, 9.17) is 0 Å². The minimum absolute atomic E-state index is 0.193. The maximum atomic E-state index is 12.4. The van der Waals surface area contributed by atoms with Crippen LogP contribution in [0.2, 0.25) is 0 Å². The van der Waals surface area contributed by atoms with Crippen molar-refractivity contribution in [2.24, 2.45) is 5.10 Å². The predicted octanol–water partition coefficient (Wildman–Crippen LogP) is 2.67. The van der Waals surface area contributed by atoms with Crippen molar-refractivity contribution >= 4 is 11.7 Å². The van der Waals surface area contributed by atoms with E-state index in [1.165, 1.54) is 41.1 Å². The topological polar surface area (TPSA) is 65.6 Å². The molecule has 1 heterocycles. The molecule has 0 unspecified atom stereocenters. The Balaban J connectivity index is 1.74. The first-order valence-electron chi connectivity index (χ1n) is 8.05. The summed E-state index contributed by atoms with van der Waals surface area (Å²) in [5.74, 6) is -1.29. The molecule has 1 aromatic heterocycles. The number of ketones is 1. The fourth-order valence-corrected chi connectivity index (χ4v) is 2.36. The lowest BCUT2D eigenvalue weighted by Gasteiger charge is -2.10. The molecule has 0 amide bonds. The Morgan fingerprint density at radius 1 is 0.857 bits per heavy atom. The maximum absolute atomic E-state index is 12.4. The van der Waals surface area contributed by atoms with Crippen LogP contribution in [0.5, 0.6) is 5.75 Å². The molecule has 28 heavy (non-hydrogen) atoms. The van der Waals surface area contributed by atoms with Gasteiger partial charge in [-0.15, -0.1) is 13.2 Å². The normalized spacial score (nSPS) is 11.9. The van der Waals surface area contributed by atoms with E-state index < -0.39 is 23.8 Å². The van der Waals surface area contributed by atoms with Crippen LogP contribution in [0.3, 0.4) is 0 Å². The van der Waals surface area contributed by atoms with E-state index in [1.807, 2.05) is 0 Å². The van der Waals surface area contributed by atoms with Crippen molar-refractivity contribution in [2.75, 3.05) is 0 Å². The van der Waals surface area contributed by atoms with Crippen molar-refractivity contribution in [3.8, 4) is 5.75 Å². The number of carbonyl (C=O) groups is 1. The van der Waals surface area contributed by atoms with Gasteiger partial charge in [-0.2, -0.15) is 0 Å². The molecular formula is C20H13F3N2O3. The average molecular weight is 386 g/mol. The highest BCUT2D eigenvalue weighted by atomic mass is 19.4. The van der Waals surface area contributed by atoms with E-state index in [9.17, 15) is 23.1 Å². The molecule has 0 aliphatic heterocycles. The standard InChI is InChI=1S/C20H13F3N2O3/c21-20(22,23)28-17-10-8-15(9-11-17)18(26)14-4-6-16(7-5-14)19(27)24-25-12-2-1-3-13-25/h1-13H. The van der Waals surface area contributed by atoms with Crippen molar-refractivity contribution in [2.45, 2.75) is 6.36 Å². The second-order valence-electron chi connectivity index (χ2n) is 5.64. The molecule has 0 N–H and O–H groups in total. The van der Waals surface area contributed by atoms with Crippen LogP contribution < -0.4 is 14.5 Å². The Morgan fingerprint density at radius 2 is 1.36 bits per heavy atom. The quantitative estimate of drug-likeness (QED) is 0.293. The zero-order valence-electron chi connectivity index (χ0n) is 14.3. The molecule has 2 aromatic carbocycles. The number of carbonyl (C=O) groups excluding carboxylic acids is 1. The lowest BCUT2D eigenvalue weighted by molar-refractivity contribution is -0.681. The number of hydrogen-bond donors (Lipinski definition) is 0. The minimum Gasteiger partial charge on any atom is -0.854 e. The van der Waals surface area contributed by atoms with Crippen molar-refractivity contribution in [3.63, 3.8) is 0 Å². The largest absolute Gasteiger partial charge is 0.854 e. The van der Waals surface area contributed by atoms with Gasteiger partial charge in [0.1, 0.15) is 5.75 Å². The van der Waals surface area contributed by atoms with Gasteiger partial charge in [-0.05, 0) is 34.9 Å². The van der Waals surface area contributed by atoms with Gasteiger partial charge in [0.25, 0.3) is 0 Å². The summed E-state index contributed by atoms with van der Waals surface area (Å²) in [6.07, 6.45) is -1.57. The van der Waals surface area contributed by atoms with E-state index in [2.05, 4.69) is 9.84 Å². The smallest absolute Gasteiger partial charge is 0.573 e. The molecule has 0 spiro atoms. The van der Waals surface area contributed by atoms with Gasteiger partial charge in [0.15, 0.2) is 5.78 Å². The predicted molar refractivity (Wildman–Crippen MR) is 91.6 cm³/mol. The van der Waals surface area contributed by atoms with Crippen molar-refractivity contribution in [3.05, 3.63) is 95.8 Å². The first-order valence-corrected chi connectivity index (χ1v) is 8.05. The summed E-state index contributed by atoms with van der Waals surface area (Å²) in [5.41, 5.74) is 0.772. The molecule has 0 saturated heterocycles. The van der Waals surface area contributed by atoms with Crippen molar-refractivity contribution in [1.82, 2.24) is 0 Å². The summed E-state index contributed by atoms with van der Waals surface area (Å²) in [6, 6.07) is 15.7. The summed E-state index contributed by atoms with van der Waals surface area (Å²) in [5, 5.41) is 16.0. The summed E-state index contributed by atoms with van der Waals surface area (Å²) < 4.78 is 41.7. The number of ether oxygens (including phenoxy) is 1. The summed E-state index contributed by atoms with van der Waals surface area (Å²) in [4.78, 5) is 12.4. The number of alkyl halides is 3. The molecule has 0 aliphatic carbocycles. The second-order valence-corrected chi connectivity index (χ2v) is 5.64. The number of pyridine rings is 1. The highest BCUT2D eigenvalue weighted by molar-refractivity contribution is 6.09. The third-order valence-corrected chi connectivity index (χ3v) is 3.65. The number of aromatic nitrogens is 1. The number of halogens is 3. The summed E-state index contributed by atoms with van der Waals surface area (Å²) >= 11 is 0. The molecule has 0 bridgehead atoms. The average Bonchev–Trinajstić information content (AvgIpc) is 2.68. The van der Waals surface area contributed by atoms with Gasteiger partial charge in [0, 0.05) is 23.3 Å². The highest BCUT2D eigenvalue weighted by Crippen LogP contribution is 2.23. The van der Waals surface area contributed by atoms with Gasteiger partial charge < -0.3 is 9.84 Å². The van der Waals surface area contributed by atoms with E-state index in [0.717, 1.165) is 12.1 Å². The number of hydrogen-bond acceptors (Lipinski definition) is 4. The summed E-state index contributed by atoms with van der Waals surface area (Å²) in [6.45, 7) is 0. The van der Waals surface area contributed by atoms with Gasteiger partial charge in [-0.1, -0.05) is 35.0 Å². The fraction of sp³-hybridized carbons (Fsp3) is 0.0500. The zero-order chi connectivity index (χ0) is 20.1. The van der Waals surface area contributed by atoms with E-state index in [-0.39, 0.29) is 11.1 Å². The molecule has 0 saturated carbocycles. The third-order valence-electron chi connectivity index (χ3n) is 3.65. The minimum atomic E-state index is -4.79. The maximum Gasteiger partial charge on any atom is 0.573 e. The lowest BCUT2D eigenvalue weighted by atomic mass is 10.0. The molecule has 0 atom stereocenters. The fourth-order valence-electron chi connectivity index (χ4n) is 2.36. The SMILES string of the molecule is O=C(c1ccc(OC(F)(F)F)cc1)c1ccc(/C([O-])=N/[n+]2ccccc2)cc1. The van der Waals surface area contributed by atoms with Gasteiger partial charge in [-0.3, -0.25) is 4.79 Å². The Kier molecular flexibility index (Phi) is 5.39.